The average molecular weight is 414 g/mol. The molecule has 1 heterocycles. The van der Waals surface area contributed by atoms with Crippen molar-refractivity contribution in [3.8, 4) is 0 Å². The molecule has 0 aromatic heterocycles. The predicted octanol–water partition coefficient (Wildman–Crippen LogP) is 3.20. The molecule has 1 fully saturated rings. The molecule has 3 rings (SSSR count). The van der Waals surface area contributed by atoms with Crippen molar-refractivity contribution in [3.05, 3.63) is 65.2 Å². The van der Waals surface area contributed by atoms with Gasteiger partial charge in [0.2, 0.25) is 0 Å². The summed E-state index contributed by atoms with van der Waals surface area (Å²) >= 11 is 0.857. The van der Waals surface area contributed by atoms with E-state index < -0.39 is 23.2 Å². The molecule has 29 heavy (non-hydrogen) atoms. The number of imide groups is 1. The van der Waals surface area contributed by atoms with E-state index in [4.69, 9.17) is 9.84 Å². The summed E-state index contributed by atoms with van der Waals surface area (Å²) in [5.41, 5.74) is 1.76. The van der Waals surface area contributed by atoms with Crippen LogP contribution in [0.4, 0.5) is 10.5 Å². The number of anilines is 1. The van der Waals surface area contributed by atoms with E-state index in [2.05, 4.69) is 5.32 Å². The van der Waals surface area contributed by atoms with E-state index >= 15 is 0 Å². The molecule has 0 aliphatic carbocycles. The zero-order valence-electron chi connectivity index (χ0n) is 15.5. The van der Waals surface area contributed by atoms with Gasteiger partial charge >= 0.3 is 11.9 Å². The average Bonchev–Trinajstić information content (AvgIpc) is 2.96. The Balaban J connectivity index is 1.64. The number of carboxylic acids is 1. The first-order chi connectivity index (χ1) is 13.9. The van der Waals surface area contributed by atoms with Crippen LogP contribution in [-0.2, 0) is 16.1 Å². The van der Waals surface area contributed by atoms with Crippen molar-refractivity contribution in [2.24, 2.45) is 0 Å². The molecule has 150 valence electrons. The van der Waals surface area contributed by atoms with Gasteiger partial charge < -0.3 is 15.2 Å². The number of esters is 1. The van der Waals surface area contributed by atoms with Gasteiger partial charge in [0, 0.05) is 5.69 Å². The molecule has 2 aromatic rings. The van der Waals surface area contributed by atoms with Gasteiger partial charge in [-0.1, -0.05) is 12.1 Å². The number of nitrogens with one attached hydrogen (secondary N) is 1. The number of benzene rings is 2. The lowest BCUT2D eigenvalue weighted by Gasteiger charge is -2.15. The Bertz CT molecular complexity index is 942. The highest BCUT2D eigenvalue weighted by molar-refractivity contribution is 8.15. The maximum atomic E-state index is 12.6. The number of carbonyl (C=O) groups is 4. The van der Waals surface area contributed by atoms with Crippen molar-refractivity contribution in [2.45, 2.75) is 18.8 Å². The molecule has 1 atom stereocenters. The van der Waals surface area contributed by atoms with Crippen molar-refractivity contribution in [1.29, 1.82) is 0 Å². The van der Waals surface area contributed by atoms with Crippen LogP contribution in [0.3, 0.4) is 0 Å². The summed E-state index contributed by atoms with van der Waals surface area (Å²) in [5, 5.41) is 10.7. The zero-order valence-corrected chi connectivity index (χ0v) is 16.3. The molecule has 0 saturated carbocycles. The fourth-order valence-electron chi connectivity index (χ4n) is 2.68. The maximum Gasteiger partial charge on any atom is 0.338 e. The highest BCUT2D eigenvalue weighted by Crippen LogP contribution is 2.29. The second-order valence-electron chi connectivity index (χ2n) is 6.13. The number of nitrogens with zero attached hydrogens (tertiary/aromatic N) is 1. The van der Waals surface area contributed by atoms with Gasteiger partial charge in [-0.05, 0) is 60.6 Å². The molecule has 1 saturated heterocycles. The van der Waals surface area contributed by atoms with E-state index in [1.807, 2.05) is 0 Å². The van der Waals surface area contributed by atoms with E-state index in [1.165, 1.54) is 12.1 Å². The molecule has 8 nitrogen and oxygen atoms in total. The summed E-state index contributed by atoms with van der Waals surface area (Å²) in [6.07, 6.45) is 0. The first-order valence-corrected chi connectivity index (χ1v) is 9.65. The second kappa shape index (κ2) is 8.78. The van der Waals surface area contributed by atoms with E-state index in [-0.39, 0.29) is 24.0 Å². The van der Waals surface area contributed by atoms with Crippen molar-refractivity contribution < 1.29 is 29.0 Å². The molecular weight excluding hydrogens is 396 g/mol. The number of hydrogen-bond acceptors (Lipinski definition) is 7. The van der Waals surface area contributed by atoms with Crippen LogP contribution in [-0.4, -0.2) is 45.1 Å². The van der Waals surface area contributed by atoms with E-state index in [0.29, 0.717) is 16.8 Å². The number of thioether (sulfide) groups is 1. The lowest BCUT2D eigenvalue weighted by Crippen LogP contribution is -2.33. The highest BCUT2D eigenvalue weighted by Gasteiger charge is 2.39. The standard InChI is InChI=1S/C20H18N2O6S/c1-2-28-19(26)14-5-3-12(4-6-14)11-22-17(23)16(29-20(22)27)21-15-9-7-13(8-10-15)18(24)25/h3-10,16,21H,2,11H2,1H3,(H,24,25). The largest absolute Gasteiger partial charge is 0.478 e. The first-order valence-electron chi connectivity index (χ1n) is 8.77. The van der Waals surface area contributed by atoms with Crippen LogP contribution in [0.25, 0.3) is 0 Å². The van der Waals surface area contributed by atoms with Crippen molar-refractivity contribution in [1.82, 2.24) is 4.90 Å². The second-order valence-corrected chi connectivity index (χ2v) is 7.19. The number of amides is 2. The zero-order chi connectivity index (χ0) is 21.0. The Hall–Kier alpha value is -3.33. The minimum Gasteiger partial charge on any atom is -0.478 e. The summed E-state index contributed by atoms with van der Waals surface area (Å²) in [4.78, 5) is 48.6. The van der Waals surface area contributed by atoms with Gasteiger partial charge in [-0.15, -0.1) is 0 Å². The summed E-state index contributed by atoms with van der Waals surface area (Å²) in [6.45, 7) is 2.09. The molecule has 0 bridgehead atoms. The number of ether oxygens (including phenoxy) is 1. The summed E-state index contributed by atoms with van der Waals surface area (Å²) in [5.74, 6) is -1.86. The molecule has 9 heteroatoms. The molecule has 2 N–H and O–H groups in total. The van der Waals surface area contributed by atoms with Gasteiger partial charge in [0.1, 0.15) is 0 Å². The number of carbonyl (C=O) groups excluding carboxylic acids is 3. The quantitative estimate of drug-likeness (QED) is 0.664. The number of aromatic carboxylic acids is 1. The maximum absolute atomic E-state index is 12.6. The summed E-state index contributed by atoms with van der Waals surface area (Å²) < 4.78 is 4.92. The Morgan fingerprint density at radius 2 is 1.69 bits per heavy atom. The van der Waals surface area contributed by atoms with E-state index in [9.17, 15) is 19.2 Å². The highest BCUT2D eigenvalue weighted by atomic mass is 32.2. The minimum absolute atomic E-state index is 0.0872. The molecule has 1 unspecified atom stereocenters. The van der Waals surface area contributed by atoms with Crippen LogP contribution in [0.15, 0.2) is 48.5 Å². The number of rotatable bonds is 7. The fourth-order valence-corrected chi connectivity index (χ4v) is 3.59. The molecule has 1 aliphatic rings. The van der Waals surface area contributed by atoms with E-state index in [0.717, 1.165) is 16.7 Å². The monoisotopic (exact) mass is 414 g/mol. The normalized spacial score (nSPS) is 16.0. The van der Waals surface area contributed by atoms with Gasteiger partial charge in [0.15, 0.2) is 5.37 Å². The number of carboxylic acid groups (broad SMARTS) is 1. The van der Waals surface area contributed by atoms with Crippen LogP contribution >= 0.6 is 11.8 Å². The molecule has 2 aromatic carbocycles. The molecule has 0 spiro atoms. The summed E-state index contributed by atoms with van der Waals surface area (Å²) in [6, 6.07) is 12.4. The fraction of sp³-hybridized carbons (Fsp3) is 0.200. The lowest BCUT2D eigenvalue weighted by atomic mass is 10.1. The lowest BCUT2D eigenvalue weighted by molar-refractivity contribution is -0.126. The Morgan fingerprint density at radius 3 is 2.28 bits per heavy atom. The third kappa shape index (κ3) is 4.75. The van der Waals surface area contributed by atoms with Gasteiger partial charge in [-0.3, -0.25) is 14.5 Å². The third-order valence-corrected chi connectivity index (χ3v) is 5.14. The Morgan fingerprint density at radius 1 is 1.07 bits per heavy atom. The van der Waals surface area contributed by atoms with Gasteiger partial charge in [-0.2, -0.15) is 0 Å². The third-order valence-electron chi connectivity index (χ3n) is 4.16. The van der Waals surface area contributed by atoms with Gasteiger partial charge in [-0.25, -0.2) is 9.59 Å². The van der Waals surface area contributed by atoms with Crippen LogP contribution in [0.5, 0.6) is 0 Å². The molecular formula is C20H18N2O6S. The predicted molar refractivity (Wildman–Crippen MR) is 107 cm³/mol. The minimum atomic E-state index is -1.04. The van der Waals surface area contributed by atoms with Gasteiger partial charge in [0.05, 0.1) is 24.3 Å². The SMILES string of the molecule is CCOC(=O)c1ccc(CN2C(=O)SC(Nc3ccc(C(=O)O)cc3)C2=O)cc1. The number of hydrogen-bond donors (Lipinski definition) is 2. The van der Waals surface area contributed by atoms with Crippen LogP contribution in [0.1, 0.15) is 33.2 Å². The smallest absolute Gasteiger partial charge is 0.338 e. The Labute approximate surface area is 170 Å². The van der Waals surface area contributed by atoms with Gasteiger partial charge in [0.25, 0.3) is 11.1 Å². The van der Waals surface area contributed by atoms with Crippen LogP contribution in [0.2, 0.25) is 0 Å². The van der Waals surface area contributed by atoms with Crippen molar-refractivity contribution >= 4 is 40.5 Å². The first kappa shape index (κ1) is 20.4. The van der Waals surface area contributed by atoms with Crippen molar-refractivity contribution in [3.63, 3.8) is 0 Å². The molecule has 1 aliphatic heterocycles. The van der Waals surface area contributed by atoms with Crippen LogP contribution in [0, 0.1) is 0 Å². The summed E-state index contributed by atoms with van der Waals surface area (Å²) in [7, 11) is 0. The topological polar surface area (TPSA) is 113 Å². The van der Waals surface area contributed by atoms with Crippen LogP contribution < -0.4 is 5.32 Å². The molecule has 2 amide bonds. The Kier molecular flexibility index (Phi) is 6.18. The van der Waals surface area contributed by atoms with Crippen molar-refractivity contribution in [2.75, 3.05) is 11.9 Å². The van der Waals surface area contributed by atoms with E-state index in [1.54, 1.807) is 43.3 Å². The molecule has 0 radical (unpaired) electrons.